The minimum atomic E-state index is -0.791. The number of amides is 1. The number of likely N-dealkylation sites (N-methyl/N-ethyl adjacent to an activating group) is 1. The molecule has 0 saturated carbocycles. The van der Waals surface area contributed by atoms with Crippen molar-refractivity contribution < 1.29 is 23.8 Å². The second kappa shape index (κ2) is 10.2. The van der Waals surface area contributed by atoms with Crippen molar-refractivity contribution in [2.24, 2.45) is 0 Å². The average molecular weight is 475 g/mol. The second-order valence-electron chi connectivity index (χ2n) is 8.98. The van der Waals surface area contributed by atoms with Crippen LogP contribution in [0.1, 0.15) is 34.3 Å². The summed E-state index contributed by atoms with van der Waals surface area (Å²) in [7, 11) is 3.79. The highest BCUT2D eigenvalue weighted by atomic mass is 16.5. The average Bonchev–Trinajstić information content (AvgIpc) is 3.37. The molecule has 1 fully saturated rings. The van der Waals surface area contributed by atoms with E-state index in [9.17, 15) is 14.7 Å². The van der Waals surface area contributed by atoms with E-state index in [1.807, 2.05) is 50.2 Å². The normalized spacial score (nSPS) is 17.4. The van der Waals surface area contributed by atoms with Gasteiger partial charge in [0.15, 0.2) is 0 Å². The Bertz CT molecular complexity index is 1260. The summed E-state index contributed by atoms with van der Waals surface area (Å²) in [5, 5.41) is 11.2. The molecule has 182 valence electrons. The molecule has 35 heavy (non-hydrogen) atoms. The molecule has 1 atom stereocenters. The topological polar surface area (TPSA) is 83.2 Å². The van der Waals surface area contributed by atoms with Crippen LogP contribution in [-0.4, -0.2) is 53.8 Å². The Kier molecular flexibility index (Phi) is 7.07. The number of aliphatic hydroxyl groups is 1. The summed E-state index contributed by atoms with van der Waals surface area (Å²) in [5.41, 5.74) is 2.68. The molecule has 4 rings (SSSR count). The lowest BCUT2D eigenvalue weighted by Crippen LogP contribution is -2.35. The van der Waals surface area contributed by atoms with Gasteiger partial charge in [0.2, 0.25) is 0 Å². The van der Waals surface area contributed by atoms with Crippen LogP contribution in [0.3, 0.4) is 0 Å². The van der Waals surface area contributed by atoms with Crippen LogP contribution in [0.4, 0.5) is 0 Å². The number of likely N-dealkylation sites (tertiary alicyclic amines) is 1. The van der Waals surface area contributed by atoms with Gasteiger partial charge in [-0.15, -0.1) is 0 Å². The Morgan fingerprint density at radius 3 is 2.37 bits per heavy atom. The summed E-state index contributed by atoms with van der Waals surface area (Å²) in [6.07, 6.45) is 0. The Morgan fingerprint density at radius 2 is 1.74 bits per heavy atom. The number of Topliss-reactive ketones (excluding diaryl/α,β-unsaturated/α-hetero) is 1. The lowest BCUT2D eigenvalue weighted by molar-refractivity contribution is -0.140. The van der Waals surface area contributed by atoms with Crippen molar-refractivity contribution in [3.8, 4) is 5.75 Å². The van der Waals surface area contributed by atoms with Gasteiger partial charge in [-0.3, -0.25) is 9.59 Å². The van der Waals surface area contributed by atoms with Crippen LogP contribution in [0.25, 0.3) is 5.76 Å². The lowest BCUT2D eigenvalue weighted by Gasteiger charge is -2.24. The van der Waals surface area contributed by atoms with Crippen molar-refractivity contribution in [3.63, 3.8) is 0 Å². The molecule has 1 aromatic heterocycles. The molecular formula is C28H30N2O5. The number of aliphatic hydroxyl groups excluding tert-OH is 1. The van der Waals surface area contributed by atoms with Crippen LogP contribution in [0.2, 0.25) is 0 Å². The Morgan fingerprint density at radius 1 is 1.03 bits per heavy atom. The van der Waals surface area contributed by atoms with Gasteiger partial charge in [0.05, 0.1) is 5.57 Å². The third-order valence-corrected chi connectivity index (χ3v) is 6.14. The predicted octanol–water partition coefficient (Wildman–Crippen LogP) is 4.46. The molecule has 1 unspecified atom stereocenters. The van der Waals surface area contributed by atoms with E-state index in [-0.39, 0.29) is 11.3 Å². The standard InChI is InChI=1S/C28H30N2O5/c1-18-7-5-6-8-21(18)17-34-22-12-10-20(11-13-22)26(31)24-25(23-14-9-19(2)35-23)30(16-15-29(3)4)28(33)27(24)32/h5-14,25,31H,15-17H2,1-4H3. The molecule has 1 aliphatic heterocycles. The molecule has 7 nitrogen and oxygen atoms in total. The zero-order chi connectivity index (χ0) is 25.1. The Balaban J connectivity index is 1.63. The van der Waals surface area contributed by atoms with Crippen molar-refractivity contribution in [1.29, 1.82) is 0 Å². The predicted molar refractivity (Wildman–Crippen MR) is 133 cm³/mol. The molecule has 2 aromatic carbocycles. The number of aryl methyl sites for hydroxylation is 2. The van der Waals surface area contributed by atoms with Gasteiger partial charge >= 0.3 is 0 Å². The number of ketones is 1. The number of benzene rings is 2. The van der Waals surface area contributed by atoms with Gasteiger partial charge in [-0.05, 0) is 75.5 Å². The van der Waals surface area contributed by atoms with Crippen molar-refractivity contribution >= 4 is 17.4 Å². The fourth-order valence-corrected chi connectivity index (χ4v) is 4.11. The molecule has 0 aliphatic carbocycles. The number of rotatable bonds is 8. The van der Waals surface area contributed by atoms with Crippen LogP contribution in [-0.2, 0) is 16.2 Å². The van der Waals surface area contributed by atoms with E-state index in [0.717, 1.165) is 11.1 Å². The van der Waals surface area contributed by atoms with Crippen LogP contribution in [0.5, 0.6) is 5.75 Å². The number of carbonyl (C=O) groups excluding carboxylic acids is 2. The molecule has 2 heterocycles. The highest BCUT2D eigenvalue weighted by molar-refractivity contribution is 6.46. The molecule has 7 heteroatoms. The molecule has 1 aliphatic rings. The Hall–Kier alpha value is -3.84. The van der Waals surface area contributed by atoms with Gasteiger partial charge in [-0.25, -0.2) is 0 Å². The Labute approximate surface area is 205 Å². The van der Waals surface area contributed by atoms with Crippen LogP contribution in [0, 0.1) is 13.8 Å². The largest absolute Gasteiger partial charge is 0.507 e. The number of carbonyl (C=O) groups is 2. The molecule has 0 spiro atoms. The molecule has 0 bridgehead atoms. The first-order valence-electron chi connectivity index (χ1n) is 11.5. The molecule has 1 N–H and O–H groups in total. The highest BCUT2D eigenvalue weighted by Gasteiger charge is 2.47. The van der Waals surface area contributed by atoms with Crippen molar-refractivity contribution in [3.05, 3.63) is 94.4 Å². The molecule has 0 radical (unpaired) electrons. The minimum absolute atomic E-state index is 0.0247. The monoisotopic (exact) mass is 474 g/mol. The van der Waals surface area contributed by atoms with Crippen LogP contribution < -0.4 is 4.74 Å². The van der Waals surface area contributed by atoms with Crippen LogP contribution >= 0.6 is 0 Å². The maximum Gasteiger partial charge on any atom is 0.295 e. The fourth-order valence-electron chi connectivity index (χ4n) is 4.11. The molecule has 1 amide bonds. The highest BCUT2D eigenvalue weighted by Crippen LogP contribution is 2.40. The maximum absolute atomic E-state index is 13.0. The fraction of sp³-hybridized carbons (Fsp3) is 0.286. The van der Waals surface area contributed by atoms with E-state index in [2.05, 4.69) is 0 Å². The third kappa shape index (κ3) is 5.15. The van der Waals surface area contributed by atoms with E-state index in [1.54, 1.807) is 43.3 Å². The van der Waals surface area contributed by atoms with Crippen molar-refractivity contribution in [2.75, 3.05) is 27.2 Å². The number of ether oxygens (including phenoxy) is 1. The van der Waals surface area contributed by atoms with Crippen molar-refractivity contribution in [1.82, 2.24) is 9.80 Å². The van der Waals surface area contributed by atoms with Crippen LogP contribution in [0.15, 0.2) is 70.7 Å². The smallest absolute Gasteiger partial charge is 0.295 e. The van der Waals surface area contributed by atoms with E-state index in [1.165, 1.54) is 4.90 Å². The molecular weight excluding hydrogens is 444 g/mol. The van der Waals surface area contributed by atoms with E-state index in [4.69, 9.17) is 9.15 Å². The number of hydrogen-bond acceptors (Lipinski definition) is 6. The minimum Gasteiger partial charge on any atom is -0.507 e. The summed E-state index contributed by atoms with van der Waals surface area (Å²) < 4.78 is 11.7. The number of furan rings is 1. The lowest BCUT2D eigenvalue weighted by atomic mass is 9.99. The van der Waals surface area contributed by atoms with Gasteiger partial charge in [0.1, 0.15) is 35.7 Å². The van der Waals surface area contributed by atoms with E-state index < -0.39 is 17.7 Å². The second-order valence-corrected chi connectivity index (χ2v) is 8.98. The van der Waals surface area contributed by atoms with Gasteiger partial charge < -0.3 is 24.1 Å². The summed E-state index contributed by atoms with van der Waals surface area (Å²) in [5.74, 6) is 0.133. The van der Waals surface area contributed by atoms with E-state index >= 15 is 0 Å². The van der Waals surface area contributed by atoms with E-state index in [0.29, 0.717) is 42.5 Å². The first-order valence-corrected chi connectivity index (χ1v) is 11.5. The van der Waals surface area contributed by atoms with Gasteiger partial charge in [-0.1, -0.05) is 24.3 Å². The zero-order valence-corrected chi connectivity index (χ0v) is 20.4. The summed E-state index contributed by atoms with van der Waals surface area (Å²) in [6.45, 7) is 5.14. The first-order chi connectivity index (χ1) is 16.8. The van der Waals surface area contributed by atoms with Gasteiger partial charge in [0, 0.05) is 18.7 Å². The number of hydrogen-bond donors (Lipinski definition) is 1. The van der Waals surface area contributed by atoms with Gasteiger partial charge in [-0.2, -0.15) is 0 Å². The first kappa shape index (κ1) is 24.3. The SMILES string of the molecule is Cc1ccc(C2C(=C(O)c3ccc(OCc4ccccc4C)cc3)C(=O)C(=O)N2CCN(C)C)o1. The summed E-state index contributed by atoms with van der Waals surface area (Å²) in [6, 6.07) is 17.6. The summed E-state index contributed by atoms with van der Waals surface area (Å²) in [4.78, 5) is 29.3. The maximum atomic E-state index is 13.0. The summed E-state index contributed by atoms with van der Waals surface area (Å²) >= 11 is 0. The molecule has 3 aromatic rings. The quantitative estimate of drug-likeness (QED) is 0.295. The molecule has 1 saturated heterocycles. The van der Waals surface area contributed by atoms with Crippen molar-refractivity contribution in [2.45, 2.75) is 26.5 Å². The third-order valence-electron chi connectivity index (χ3n) is 6.14. The van der Waals surface area contributed by atoms with Gasteiger partial charge in [0.25, 0.3) is 11.7 Å². The zero-order valence-electron chi connectivity index (χ0n) is 20.4. The number of nitrogens with zero attached hydrogens (tertiary/aromatic N) is 2.